The number of aromatic amines is 1. The molecule has 23 heavy (non-hydrogen) atoms. The van der Waals surface area contributed by atoms with E-state index in [9.17, 15) is 18.0 Å². The predicted octanol–water partition coefficient (Wildman–Crippen LogP) is 3.30. The third-order valence-corrected chi connectivity index (χ3v) is 2.89. The molecule has 1 N–H and O–H groups in total. The van der Waals surface area contributed by atoms with Crippen molar-refractivity contribution in [2.75, 3.05) is 0 Å². The van der Waals surface area contributed by atoms with Crippen LogP contribution >= 0.6 is 0 Å². The number of alkyl halides is 3. The molecule has 0 saturated carbocycles. The van der Waals surface area contributed by atoms with E-state index in [2.05, 4.69) is 15.2 Å². The lowest BCUT2D eigenvalue weighted by Gasteiger charge is -2.07. The molecule has 0 aliphatic carbocycles. The van der Waals surface area contributed by atoms with E-state index in [0.29, 0.717) is 0 Å². The number of hydrogen-bond donors (Lipinski definition) is 1. The van der Waals surface area contributed by atoms with Crippen molar-refractivity contribution in [2.45, 2.75) is 6.18 Å². The smallest absolute Gasteiger partial charge is 0.416 e. The summed E-state index contributed by atoms with van der Waals surface area (Å²) in [5.74, 6) is -0.997. The van der Waals surface area contributed by atoms with Gasteiger partial charge in [-0.1, -0.05) is 12.1 Å². The molecule has 118 valence electrons. The molecule has 2 heterocycles. The summed E-state index contributed by atoms with van der Waals surface area (Å²) in [5.41, 5.74) is -1.04. The van der Waals surface area contributed by atoms with Crippen LogP contribution < -0.4 is 4.74 Å². The van der Waals surface area contributed by atoms with Gasteiger partial charge in [-0.25, -0.2) is 9.78 Å². The maximum absolute atomic E-state index is 12.8. The molecule has 0 amide bonds. The first kappa shape index (κ1) is 14.8. The summed E-state index contributed by atoms with van der Waals surface area (Å²) >= 11 is 0. The Hall–Kier alpha value is -3.10. The number of nitrogens with one attached hydrogen (secondary N) is 1. The SMILES string of the molecule is O=C(Oc1cc[nH]n1)c1ncoc1-c1cccc(C(F)(F)F)c1. The van der Waals surface area contributed by atoms with Crippen LogP contribution in [0.25, 0.3) is 11.3 Å². The molecule has 0 unspecified atom stereocenters. The van der Waals surface area contributed by atoms with Gasteiger partial charge in [-0.3, -0.25) is 5.10 Å². The van der Waals surface area contributed by atoms with Gasteiger partial charge in [0.1, 0.15) is 0 Å². The summed E-state index contributed by atoms with van der Waals surface area (Å²) in [6.07, 6.45) is -2.11. The molecule has 2 aromatic heterocycles. The molecule has 9 heteroatoms. The Bertz CT molecular complexity index is 825. The average molecular weight is 323 g/mol. The molecule has 0 bridgehead atoms. The van der Waals surface area contributed by atoms with Gasteiger partial charge >= 0.3 is 12.1 Å². The summed E-state index contributed by atoms with van der Waals surface area (Å²) < 4.78 is 48.3. The molecule has 0 radical (unpaired) electrons. The first-order valence-corrected chi connectivity index (χ1v) is 6.28. The quantitative estimate of drug-likeness (QED) is 0.748. The minimum Gasteiger partial charge on any atom is -0.443 e. The second-order valence-corrected chi connectivity index (χ2v) is 4.41. The molecule has 3 aromatic rings. The van der Waals surface area contributed by atoms with E-state index >= 15 is 0 Å². The number of carbonyl (C=O) groups excluding carboxylic acids is 1. The normalized spacial score (nSPS) is 11.4. The number of carbonyl (C=O) groups is 1. The summed E-state index contributed by atoms with van der Waals surface area (Å²) in [6, 6.07) is 5.78. The lowest BCUT2D eigenvalue weighted by Crippen LogP contribution is -2.10. The van der Waals surface area contributed by atoms with Crippen molar-refractivity contribution in [3.63, 3.8) is 0 Å². The van der Waals surface area contributed by atoms with Crippen LogP contribution in [0.5, 0.6) is 5.88 Å². The zero-order valence-electron chi connectivity index (χ0n) is 11.3. The third kappa shape index (κ3) is 3.07. The largest absolute Gasteiger partial charge is 0.443 e. The van der Waals surface area contributed by atoms with Crippen LogP contribution in [0.1, 0.15) is 16.1 Å². The van der Waals surface area contributed by atoms with Gasteiger partial charge in [0.05, 0.1) is 5.56 Å². The lowest BCUT2D eigenvalue weighted by molar-refractivity contribution is -0.137. The fourth-order valence-corrected chi connectivity index (χ4v) is 1.88. The van der Waals surface area contributed by atoms with E-state index in [0.717, 1.165) is 18.5 Å². The third-order valence-electron chi connectivity index (χ3n) is 2.89. The van der Waals surface area contributed by atoms with E-state index in [4.69, 9.17) is 9.15 Å². The topological polar surface area (TPSA) is 81.0 Å². The van der Waals surface area contributed by atoms with Crippen molar-refractivity contribution in [2.24, 2.45) is 0 Å². The number of halogens is 3. The van der Waals surface area contributed by atoms with E-state index < -0.39 is 17.7 Å². The van der Waals surface area contributed by atoms with Crippen LogP contribution in [0.3, 0.4) is 0 Å². The molecular formula is C14H8F3N3O3. The summed E-state index contributed by atoms with van der Waals surface area (Å²) in [6.45, 7) is 0. The van der Waals surface area contributed by atoms with Crippen LogP contribution in [-0.2, 0) is 6.18 Å². The Labute approximate surface area is 126 Å². The number of ether oxygens (including phenoxy) is 1. The van der Waals surface area contributed by atoms with E-state index in [1.54, 1.807) is 0 Å². The van der Waals surface area contributed by atoms with E-state index in [1.165, 1.54) is 24.4 Å². The summed E-state index contributed by atoms with van der Waals surface area (Å²) in [5, 5.41) is 6.09. The van der Waals surface area contributed by atoms with Crippen LogP contribution in [0, 0.1) is 0 Å². The predicted molar refractivity (Wildman–Crippen MR) is 70.5 cm³/mol. The second kappa shape index (κ2) is 5.59. The van der Waals surface area contributed by atoms with Gasteiger partial charge in [0, 0.05) is 17.8 Å². The fraction of sp³-hybridized carbons (Fsp3) is 0.0714. The van der Waals surface area contributed by atoms with Crippen molar-refractivity contribution in [3.8, 4) is 17.2 Å². The van der Waals surface area contributed by atoms with Gasteiger partial charge in [-0.2, -0.15) is 13.2 Å². The number of esters is 1. The Balaban J connectivity index is 1.93. The first-order valence-electron chi connectivity index (χ1n) is 6.28. The van der Waals surface area contributed by atoms with Crippen molar-refractivity contribution < 1.29 is 27.1 Å². The Kier molecular flexibility index (Phi) is 3.61. The standard InChI is InChI=1S/C14H8F3N3O3/c15-14(16,17)9-3-1-2-8(6-9)12-11(18-7-22-12)13(21)23-10-4-5-19-20-10/h1-7H,(H,19,20). The molecule has 0 atom stereocenters. The molecule has 3 rings (SSSR count). The molecule has 0 spiro atoms. The number of hydrogen-bond acceptors (Lipinski definition) is 5. The molecular weight excluding hydrogens is 315 g/mol. The average Bonchev–Trinajstić information content (AvgIpc) is 3.17. The Morgan fingerprint density at radius 1 is 1.26 bits per heavy atom. The van der Waals surface area contributed by atoms with Crippen LogP contribution in [0.15, 0.2) is 47.3 Å². The monoisotopic (exact) mass is 323 g/mol. The highest BCUT2D eigenvalue weighted by Gasteiger charge is 2.31. The zero-order valence-corrected chi connectivity index (χ0v) is 11.3. The highest BCUT2D eigenvalue weighted by molar-refractivity contribution is 5.94. The van der Waals surface area contributed by atoms with Crippen molar-refractivity contribution >= 4 is 5.97 Å². The van der Waals surface area contributed by atoms with Crippen LogP contribution in [-0.4, -0.2) is 21.2 Å². The maximum atomic E-state index is 12.8. The number of nitrogens with zero attached hydrogens (tertiary/aromatic N) is 2. The van der Waals surface area contributed by atoms with Crippen LogP contribution in [0.4, 0.5) is 13.2 Å². The maximum Gasteiger partial charge on any atom is 0.416 e. The van der Waals surface area contributed by atoms with Gasteiger partial charge in [0.15, 0.2) is 17.8 Å². The second-order valence-electron chi connectivity index (χ2n) is 4.41. The number of rotatable bonds is 3. The minimum atomic E-state index is -4.51. The highest BCUT2D eigenvalue weighted by Crippen LogP contribution is 2.33. The van der Waals surface area contributed by atoms with Gasteiger partial charge in [-0.05, 0) is 12.1 Å². The molecule has 0 fully saturated rings. The molecule has 1 aromatic carbocycles. The van der Waals surface area contributed by atoms with Gasteiger partial charge < -0.3 is 9.15 Å². The molecule has 0 aliphatic rings. The summed E-state index contributed by atoms with van der Waals surface area (Å²) in [7, 11) is 0. The van der Waals surface area contributed by atoms with Crippen molar-refractivity contribution in [1.82, 2.24) is 15.2 Å². The number of benzene rings is 1. The highest BCUT2D eigenvalue weighted by atomic mass is 19.4. The van der Waals surface area contributed by atoms with E-state index in [1.807, 2.05) is 0 Å². The Morgan fingerprint density at radius 3 is 2.78 bits per heavy atom. The van der Waals surface area contributed by atoms with Crippen molar-refractivity contribution in [1.29, 1.82) is 0 Å². The first-order chi connectivity index (χ1) is 10.9. The van der Waals surface area contributed by atoms with Gasteiger partial charge in [0.2, 0.25) is 5.88 Å². The van der Waals surface area contributed by atoms with Crippen LogP contribution in [0.2, 0.25) is 0 Å². The summed E-state index contributed by atoms with van der Waals surface area (Å²) in [4.78, 5) is 15.7. The van der Waals surface area contributed by atoms with Crippen molar-refractivity contribution in [3.05, 3.63) is 54.2 Å². The fourth-order valence-electron chi connectivity index (χ4n) is 1.88. The Morgan fingerprint density at radius 2 is 2.09 bits per heavy atom. The van der Waals surface area contributed by atoms with Gasteiger partial charge in [0.25, 0.3) is 0 Å². The zero-order chi connectivity index (χ0) is 16.4. The lowest BCUT2D eigenvalue weighted by atomic mass is 10.1. The molecule has 0 aliphatic heterocycles. The molecule has 6 nitrogen and oxygen atoms in total. The van der Waals surface area contributed by atoms with Gasteiger partial charge in [-0.15, -0.1) is 5.10 Å². The minimum absolute atomic E-state index is 0.00740. The van der Waals surface area contributed by atoms with E-state index in [-0.39, 0.29) is 22.9 Å². The molecule has 0 saturated heterocycles. The number of oxazole rings is 1. The number of H-pyrrole nitrogens is 1. The number of aromatic nitrogens is 3.